The number of anilines is 1. The number of ether oxygens (including phenoxy) is 2. The van der Waals surface area contributed by atoms with Gasteiger partial charge in [-0.05, 0) is 45.9 Å². The van der Waals surface area contributed by atoms with Gasteiger partial charge < -0.3 is 20.5 Å². The van der Waals surface area contributed by atoms with Gasteiger partial charge in [-0.3, -0.25) is 4.98 Å². The minimum Gasteiger partial charge on any atom is -0.455 e. The van der Waals surface area contributed by atoms with Gasteiger partial charge in [0.2, 0.25) is 0 Å². The Morgan fingerprint density at radius 1 is 1.29 bits per heavy atom. The third-order valence-electron chi connectivity index (χ3n) is 2.90. The lowest BCUT2D eigenvalue weighted by Crippen LogP contribution is -2.40. The highest BCUT2D eigenvalue weighted by atomic mass is 16.5. The van der Waals surface area contributed by atoms with E-state index in [4.69, 9.17) is 15.2 Å². The zero-order valence-electron chi connectivity index (χ0n) is 14.3. The number of hydrogen-bond donors (Lipinski definition) is 2. The maximum atomic E-state index is 11.7. The maximum absolute atomic E-state index is 11.7. The molecule has 2 heterocycles. The standard InChI is InChI=1S/C17H22N4O3/c1-11-14(5-6-15(18)20-11)24-13-7-8-19-12(9-13)10-23-16(22)21-17(2,3)4/h5-9H,10H2,1-4H3,(H2,18,20)(H,21,22). The number of hydrogen-bond acceptors (Lipinski definition) is 6. The van der Waals surface area contributed by atoms with Gasteiger partial charge in [-0.25, -0.2) is 9.78 Å². The molecule has 2 aromatic heterocycles. The van der Waals surface area contributed by atoms with Gasteiger partial charge >= 0.3 is 6.09 Å². The molecular formula is C17H22N4O3. The van der Waals surface area contributed by atoms with Gasteiger partial charge in [0, 0.05) is 17.8 Å². The van der Waals surface area contributed by atoms with Crippen LogP contribution in [0.25, 0.3) is 0 Å². The summed E-state index contributed by atoms with van der Waals surface area (Å²) in [7, 11) is 0. The number of rotatable bonds is 4. The van der Waals surface area contributed by atoms with Crippen LogP contribution in [-0.2, 0) is 11.3 Å². The number of carbonyl (C=O) groups excluding carboxylic acids is 1. The minimum absolute atomic E-state index is 0.0537. The molecule has 0 unspecified atom stereocenters. The number of nitrogens with one attached hydrogen (secondary N) is 1. The van der Waals surface area contributed by atoms with E-state index in [1.165, 1.54) is 0 Å². The highest BCUT2D eigenvalue weighted by Gasteiger charge is 2.15. The Balaban J connectivity index is 2.00. The summed E-state index contributed by atoms with van der Waals surface area (Å²) in [5.74, 6) is 1.62. The van der Waals surface area contributed by atoms with Crippen LogP contribution in [0, 0.1) is 6.92 Å². The molecule has 24 heavy (non-hydrogen) atoms. The molecule has 7 heteroatoms. The molecule has 0 aliphatic heterocycles. The number of carbonyl (C=O) groups is 1. The second-order valence-electron chi connectivity index (χ2n) is 6.36. The Hall–Kier alpha value is -2.83. The predicted molar refractivity (Wildman–Crippen MR) is 90.8 cm³/mol. The predicted octanol–water partition coefficient (Wildman–Crippen LogP) is 3.18. The third kappa shape index (κ3) is 5.42. The number of aromatic nitrogens is 2. The van der Waals surface area contributed by atoms with Crippen LogP contribution >= 0.6 is 0 Å². The van der Waals surface area contributed by atoms with E-state index in [1.807, 2.05) is 27.7 Å². The average molecular weight is 330 g/mol. The van der Waals surface area contributed by atoms with Gasteiger partial charge in [0.15, 0.2) is 0 Å². The smallest absolute Gasteiger partial charge is 0.407 e. The van der Waals surface area contributed by atoms with Crippen LogP contribution in [0.5, 0.6) is 11.5 Å². The zero-order valence-corrected chi connectivity index (χ0v) is 14.3. The van der Waals surface area contributed by atoms with E-state index in [-0.39, 0.29) is 12.1 Å². The van der Waals surface area contributed by atoms with Crippen molar-refractivity contribution in [2.75, 3.05) is 5.73 Å². The summed E-state index contributed by atoms with van der Waals surface area (Å²) in [6.07, 6.45) is 1.10. The van der Waals surface area contributed by atoms with E-state index in [9.17, 15) is 4.79 Å². The van der Waals surface area contributed by atoms with Gasteiger partial charge in [0.05, 0.1) is 11.4 Å². The minimum atomic E-state index is -0.491. The summed E-state index contributed by atoms with van der Waals surface area (Å²) in [5.41, 5.74) is 6.54. The molecule has 2 rings (SSSR count). The molecule has 2 aromatic rings. The van der Waals surface area contributed by atoms with Crippen LogP contribution in [-0.4, -0.2) is 21.6 Å². The second kappa shape index (κ2) is 7.16. The third-order valence-corrected chi connectivity index (χ3v) is 2.90. The molecule has 0 radical (unpaired) electrons. The Labute approximate surface area is 141 Å². The lowest BCUT2D eigenvalue weighted by molar-refractivity contribution is 0.130. The number of nitrogens with two attached hydrogens (primary N) is 1. The summed E-state index contributed by atoms with van der Waals surface area (Å²) >= 11 is 0. The molecule has 1 amide bonds. The quantitative estimate of drug-likeness (QED) is 0.893. The summed E-state index contributed by atoms with van der Waals surface area (Å²) in [6.45, 7) is 7.50. The van der Waals surface area contributed by atoms with Crippen molar-refractivity contribution in [2.45, 2.75) is 39.8 Å². The van der Waals surface area contributed by atoms with E-state index in [0.29, 0.717) is 28.7 Å². The average Bonchev–Trinajstić information content (AvgIpc) is 2.47. The Morgan fingerprint density at radius 3 is 2.71 bits per heavy atom. The number of alkyl carbamates (subject to hydrolysis) is 1. The number of pyridine rings is 2. The molecule has 3 N–H and O–H groups in total. The van der Waals surface area contributed by atoms with E-state index >= 15 is 0 Å². The number of nitrogen functional groups attached to an aromatic ring is 1. The van der Waals surface area contributed by atoms with Crippen LogP contribution in [0.1, 0.15) is 32.2 Å². The summed E-state index contributed by atoms with van der Waals surface area (Å²) in [6, 6.07) is 6.85. The van der Waals surface area contributed by atoms with Crippen LogP contribution in [0.3, 0.4) is 0 Å². The molecule has 0 aliphatic carbocycles. The van der Waals surface area contributed by atoms with Gasteiger partial charge in [0.25, 0.3) is 0 Å². The topological polar surface area (TPSA) is 99.4 Å². The van der Waals surface area contributed by atoms with Gasteiger partial charge in [-0.2, -0.15) is 0 Å². The normalized spacial score (nSPS) is 11.0. The van der Waals surface area contributed by atoms with Crippen molar-refractivity contribution < 1.29 is 14.3 Å². The first-order valence-electron chi connectivity index (χ1n) is 7.54. The first-order chi connectivity index (χ1) is 11.2. The molecule has 0 saturated carbocycles. The highest BCUT2D eigenvalue weighted by molar-refractivity contribution is 5.68. The van der Waals surface area contributed by atoms with E-state index in [0.717, 1.165) is 0 Å². The molecule has 0 aliphatic rings. The molecule has 128 valence electrons. The first kappa shape index (κ1) is 17.5. The van der Waals surface area contributed by atoms with Crippen molar-refractivity contribution in [3.63, 3.8) is 0 Å². The van der Waals surface area contributed by atoms with Crippen LogP contribution in [0.4, 0.5) is 10.6 Å². The molecule has 0 aromatic carbocycles. The molecule has 0 saturated heterocycles. The van der Waals surface area contributed by atoms with Gasteiger partial charge in [-0.1, -0.05) is 0 Å². The molecule has 0 spiro atoms. The van der Waals surface area contributed by atoms with E-state index in [1.54, 1.807) is 30.5 Å². The molecule has 0 fully saturated rings. The summed E-state index contributed by atoms with van der Waals surface area (Å²) < 4.78 is 10.9. The lowest BCUT2D eigenvalue weighted by atomic mass is 10.1. The monoisotopic (exact) mass is 330 g/mol. The first-order valence-corrected chi connectivity index (χ1v) is 7.54. The largest absolute Gasteiger partial charge is 0.455 e. The second-order valence-corrected chi connectivity index (χ2v) is 6.36. The fraction of sp³-hybridized carbons (Fsp3) is 0.353. The Morgan fingerprint density at radius 2 is 2.04 bits per heavy atom. The van der Waals surface area contributed by atoms with Crippen molar-refractivity contribution in [2.24, 2.45) is 0 Å². The lowest BCUT2D eigenvalue weighted by Gasteiger charge is -2.19. The van der Waals surface area contributed by atoms with Crippen LogP contribution in [0.15, 0.2) is 30.5 Å². The zero-order chi connectivity index (χ0) is 17.7. The van der Waals surface area contributed by atoms with Crippen molar-refractivity contribution in [3.8, 4) is 11.5 Å². The SMILES string of the molecule is Cc1nc(N)ccc1Oc1ccnc(COC(=O)NC(C)(C)C)c1. The Bertz CT molecular complexity index is 726. The Kier molecular flexibility index (Phi) is 5.23. The maximum Gasteiger partial charge on any atom is 0.407 e. The molecule has 0 bridgehead atoms. The van der Waals surface area contributed by atoms with Crippen molar-refractivity contribution in [1.82, 2.24) is 15.3 Å². The number of nitrogens with zero attached hydrogens (tertiary/aromatic N) is 2. The molecule has 0 atom stereocenters. The van der Waals surface area contributed by atoms with Gasteiger partial charge in [0.1, 0.15) is 23.9 Å². The molecule has 7 nitrogen and oxygen atoms in total. The van der Waals surface area contributed by atoms with E-state index < -0.39 is 6.09 Å². The van der Waals surface area contributed by atoms with Crippen molar-refractivity contribution in [1.29, 1.82) is 0 Å². The number of amides is 1. The highest BCUT2D eigenvalue weighted by Crippen LogP contribution is 2.24. The van der Waals surface area contributed by atoms with Crippen molar-refractivity contribution in [3.05, 3.63) is 41.9 Å². The van der Waals surface area contributed by atoms with Gasteiger partial charge in [-0.15, -0.1) is 0 Å². The van der Waals surface area contributed by atoms with Crippen LogP contribution < -0.4 is 15.8 Å². The fourth-order valence-corrected chi connectivity index (χ4v) is 1.88. The summed E-state index contributed by atoms with van der Waals surface area (Å²) in [4.78, 5) is 20.0. The van der Waals surface area contributed by atoms with Crippen molar-refractivity contribution >= 4 is 11.9 Å². The fourth-order valence-electron chi connectivity index (χ4n) is 1.88. The van der Waals surface area contributed by atoms with E-state index in [2.05, 4.69) is 15.3 Å². The molecular weight excluding hydrogens is 308 g/mol. The summed E-state index contributed by atoms with van der Waals surface area (Å²) in [5, 5.41) is 2.72. The van der Waals surface area contributed by atoms with Crippen LogP contribution in [0.2, 0.25) is 0 Å². The number of aryl methyl sites for hydroxylation is 1.